The van der Waals surface area contributed by atoms with E-state index in [4.69, 9.17) is 4.74 Å². The highest BCUT2D eigenvalue weighted by atomic mass is 16.5. The van der Waals surface area contributed by atoms with E-state index in [0.29, 0.717) is 0 Å². The molecule has 0 amide bonds. The maximum absolute atomic E-state index is 5.49. The second-order valence-corrected chi connectivity index (χ2v) is 6.40. The van der Waals surface area contributed by atoms with Crippen molar-refractivity contribution in [3.8, 4) is 5.75 Å². The Hall–Kier alpha value is -1.24. The van der Waals surface area contributed by atoms with Gasteiger partial charge in [-0.25, -0.2) is 0 Å². The van der Waals surface area contributed by atoms with Gasteiger partial charge in [-0.2, -0.15) is 0 Å². The van der Waals surface area contributed by atoms with E-state index >= 15 is 0 Å². The molecule has 1 nitrogen and oxygen atoms in total. The molecule has 0 atom stereocenters. The highest BCUT2D eigenvalue weighted by Gasteiger charge is 2.22. The lowest BCUT2D eigenvalue weighted by Crippen LogP contribution is -2.13. The Morgan fingerprint density at radius 2 is 2.00 bits per heavy atom. The van der Waals surface area contributed by atoms with Crippen molar-refractivity contribution in [1.29, 1.82) is 0 Å². The number of hydrogen-bond acceptors (Lipinski definition) is 1. The van der Waals surface area contributed by atoms with Crippen LogP contribution in [-0.2, 0) is 6.42 Å². The lowest BCUT2D eigenvalue weighted by atomic mass is 9.77. The van der Waals surface area contributed by atoms with E-state index in [9.17, 15) is 0 Å². The van der Waals surface area contributed by atoms with Gasteiger partial charge in [0.25, 0.3) is 0 Å². The Bertz CT molecular complexity index is 441. The van der Waals surface area contributed by atoms with Gasteiger partial charge < -0.3 is 4.74 Å². The molecule has 0 heterocycles. The zero-order valence-electron chi connectivity index (χ0n) is 13.7. The van der Waals surface area contributed by atoms with Crippen molar-refractivity contribution in [2.75, 3.05) is 7.11 Å². The monoisotopic (exact) mass is 286 g/mol. The van der Waals surface area contributed by atoms with Crippen molar-refractivity contribution < 1.29 is 4.74 Å². The fraction of sp³-hybridized carbons (Fsp3) is 0.600. The number of methoxy groups -OCH3 is 1. The average molecular weight is 286 g/mol. The van der Waals surface area contributed by atoms with Gasteiger partial charge in [0.15, 0.2) is 0 Å². The molecule has 0 aromatic heterocycles. The van der Waals surface area contributed by atoms with Crippen LogP contribution in [0.25, 0.3) is 0 Å². The molecule has 0 radical (unpaired) electrons. The minimum Gasteiger partial charge on any atom is -0.496 e. The van der Waals surface area contributed by atoms with Gasteiger partial charge in [0.1, 0.15) is 5.75 Å². The highest BCUT2D eigenvalue weighted by Crippen LogP contribution is 2.38. The summed E-state index contributed by atoms with van der Waals surface area (Å²) in [7, 11) is 1.78. The molecule has 0 bridgehead atoms. The van der Waals surface area contributed by atoms with Gasteiger partial charge in [-0.05, 0) is 74.0 Å². The predicted molar refractivity (Wildman–Crippen MR) is 91.1 cm³/mol. The summed E-state index contributed by atoms with van der Waals surface area (Å²) in [5.74, 6) is 2.74. The summed E-state index contributed by atoms with van der Waals surface area (Å²) in [6.07, 6.45) is 12.3. The van der Waals surface area contributed by atoms with E-state index in [-0.39, 0.29) is 0 Å². The Labute approximate surface area is 130 Å². The molecule has 0 saturated heterocycles. The van der Waals surface area contributed by atoms with Gasteiger partial charge in [-0.15, -0.1) is 6.58 Å². The third-order valence-electron chi connectivity index (χ3n) is 4.92. The van der Waals surface area contributed by atoms with Crippen molar-refractivity contribution in [3.05, 3.63) is 42.0 Å². The van der Waals surface area contributed by atoms with Gasteiger partial charge >= 0.3 is 0 Å². The Balaban J connectivity index is 1.99. The molecule has 1 saturated carbocycles. The number of rotatable bonds is 7. The molecular weight excluding hydrogens is 256 g/mol. The van der Waals surface area contributed by atoms with Gasteiger partial charge in [-0.3, -0.25) is 0 Å². The first-order valence-electron chi connectivity index (χ1n) is 8.56. The summed E-state index contributed by atoms with van der Waals surface area (Å²) in [6, 6.07) is 6.86. The van der Waals surface area contributed by atoms with E-state index in [1.54, 1.807) is 7.11 Å². The first kappa shape index (κ1) is 16.1. The third kappa shape index (κ3) is 4.36. The van der Waals surface area contributed by atoms with Gasteiger partial charge in [-0.1, -0.05) is 31.6 Å². The second kappa shape index (κ2) is 8.26. The Morgan fingerprint density at radius 1 is 1.24 bits per heavy atom. The molecule has 0 unspecified atom stereocenters. The number of hydrogen-bond donors (Lipinski definition) is 0. The first-order valence-corrected chi connectivity index (χ1v) is 8.56. The van der Waals surface area contributed by atoms with Crippen molar-refractivity contribution in [1.82, 2.24) is 0 Å². The SMILES string of the molecule is C=CCCC1CCC(c2ccc(OC)c(CCC)c2)CC1. The third-order valence-corrected chi connectivity index (χ3v) is 4.92. The molecule has 0 aliphatic heterocycles. The van der Waals surface area contributed by atoms with E-state index < -0.39 is 0 Å². The molecule has 1 heteroatoms. The molecule has 116 valence electrons. The molecular formula is C20H30O. The molecule has 1 aromatic carbocycles. The zero-order valence-corrected chi connectivity index (χ0v) is 13.7. The number of aryl methyl sites for hydroxylation is 1. The van der Waals surface area contributed by atoms with Crippen LogP contribution < -0.4 is 4.74 Å². The van der Waals surface area contributed by atoms with Crippen LogP contribution in [0.3, 0.4) is 0 Å². The fourth-order valence-electron chi connectivity index (χ4n) is 3.66. The molecule has 1 aliphatic rings. The number of ether oxygens (including phenoxy) is 1. The van der Waals surface area contributed by atoms with E-state index in [2.05, 4.69) is 37.8 Å². The molecule has 1 aromatic rings. The van der Waals surface area contributed by atoms with Crippen LogP contribution in [0.1, 0.15) is 68.9 Å². The summed E-state index contributed by atoms with van der Waals surface area (Å²) in [6.45, 7) is 6.07. The summed E-state index contributed by atoms with van der Waals surface area (Å²) >= 11 is 0. The van der Waals surface area contributed by atoms with Crippen LogP contribution in [-0.4, -0.2) is 7.11 Å². The van der Waals surface area contributed by atoms with Crippen LogP contribution in [0.15, 0.2) is 30.9 Å². The maximum Gasteiger partial charge on any atom is 0.122 e. The highest BCUT2D eigenvalue weighted by molar-refractivity contribution is 5.38. The van der Waals surface area contributed by atoms with Gasteiger partial charge in [0.05, 0.1) is 7.11 Å². The van der Waals surface area contributed by atoms with Crippen LogP contribution in [0.4, 0.5) is 0 Å². The Morgan fingerprint density at radius 3 is 2.62 bits per heavy atom. The number of allylic oxidation sites excluding steroid dienone is 1. The Kier molecular flexibility index (Phi) is 6.35. The van der Waals surface area contributed by atoms with Crippen LogP contribution >= 0.6 is 0 Å². The molecule has 1 fully saturated rings. The van der Waals surface area contributed by atoms with E-state index in [1.165, 1.54) is 56.1 Å². The molecule has 21 heavy (non-hydrogen) atoms. The lowest BCUT2D eigenvalue weighted by molar-refractivity contribution is 0.311. The standard InChI is InChI=1S/C20H30O/c1-4-6-8-16-9-11-17(12-10-16)18-13-14-20(21-3)19(15-18)7-5-2/h4,13-17H,1,5-12H2,2-3H3. The first-order chi connectivity index (χ1) is 10.3. The zero-order chi connectivity index (χ0) is 15.1. The number of benzene rings is 1. The van der Waals surface area contributed by atoms with Crippen molar-refractivity contribution in [2.45, 2.75) is 64.2 Å². The van der Waals surface area contributed by atoms with Crippen molar-refractivity contribution in [3.63, 3.8) is 0 Å². The summed E-state index contributed by atoms with van der Waals surface area (Å²) in [4.78, 5) is 0. The van der Waals surface area contributed by atoms with Gasteiger partial charge in [0.2, 0.25) is 0 Å². The largest absolute Gasteiger partial charge is 0.496 e. The average Bonchev–Trinajstić information content (AvgIpc) is 2.53. The summed E-state index contributed by atoms with van der Waals surface area (Å²) < 4.78 is 5.49. The minimum absolute atomic E-state index is 0.756. The quantitative estimate of drug-likeness (QED) is 0.568. The maximum atomic E-state index is 5.49. The normalized spacial score (nSPS) is 22.0. The predicted octanol–water partition coefficient (Wildman–Crippen LogP) is 5.89. The van der Waals surface area contributed by atoms with Crippen LogP contribution in [0.5, 0.6) is 5.75 Å². The topological polar surface area (TPSA) is 9.23 Å². The fourth-order valence-corrected chi connectivity index (χ4v) is 3.66. The van der Waals surface area contributed by atoms with Crippen molar-refractivity contribution in [2.24, 2.45) is 5.92 Å². The summed E-state index contributed by atoms with van der Waals surface area (Å²) in [5, 5.41) is 0. The lowest BCUT2D eigenvalue weighted by Gasteiger charge is -2.29. The summed E-state index contributed by atoms with van der Waals surface area (Å²) in [5.41, 5.74) is 2.91. The molecule has 0 spiro atoms. The molecule has 0 N–H and O–H groups in total. The van der Waals surface area contributed by atoms with Gasteiger partial charge in [0, 0.05) is 0 Å². The molecule has 2 rings (SSSR count). The van der Waals surface area contributed by atoms with Crippen LogP contribution in [0.2, 0.25) is 0 Å². The smallest absolute Gasteiger partial charge is 0.122 e. The van der Waals surface area contributed by atoms with E-state index in [1.807, 2.05) is 0 Å². The second-order valence-electron chi connectivity index (χ2n) is 6.40. The minimum atomic E-state index is 0.756. The van der Waals surface area contributed by atoms with Crippen LogP contribution in [0, 0.1) is 5.92 Å². The molecule has 1 aliphatic carbocycles. The van der Waals surface area contributed by atoms with Crippen molar-refractivity contribution >= 4 is 0 Å². The van der Waals surface area contributed by atoms with E-state index in [0.717, 1.165) is 24.0 Å².